The normalized spacial score (nSPS) is 20.6. The summed E-state index contributed by atoms with van der Waals surface area (Å²) in [5, 5.41) is 10.6. The zero-order valence-corrected chi connectivity index (χ0v) is 30.3. The number of halogens is 2. The van der Waals surface area contributed by atoms with Crippen molar-refractivity contribution in [1.82, 2.24) is 9.21 Å². The third kappa shape index (κ3) is 9.92. The van der Waals surface area contributed by atoms with Crippen LogP contribution in [0.1, 0.15) is 50.4 Å². The van der Waals surface area contributed by atoms with Crippen molar-refractivity contribution < 1.29 is 40.6 Å². The summed E-state index contributed by atoms with van der Waals surface area (Å²) in [6.45, 7) is 5.34. The Balaban J connectivity index is 1.67. The Morgan fingerprint density at radius 3 is 2.33 bits per heavy atom. The number of nitrogens with zero attached hydrogens (tertiary/aromatic N) is 2. The van der Waals surface area contributed by atoms with Crippen LogP contribution in [0.15, 0.2) is 76.5 Å². The number of carbonyl (C=O) groups excluding carboxylic acids is 1. The van der Waals surface area contributed by atoms with Crippen molar-refractivity contribution in [2.75, 3.05) is 38.1 Å². The van der Waals surface area contributed by atoms with Gasteiger partial charge in [-0.25, -0.2) is 21.2 Å². The number of ether oxygens (including phenoxy) is 2. The average molecular weight is 740 g/mol. The highest BCUT2D eigenvalue weighted by atomic mass is 35.5. The van der Waals surface area contributed by atoms with Crippen LogP contribution in [0.25, 0.3) is 0 Å². The maximum absolute atomic E-state index is 14.4. The number of anilines is 1. The molecule has 2 N–H and O–H groups in total. The number of likely N-dealkylation sites (N-methyl/N-ethyl adjacent to an activating group) is 1. The molecule has 0 saturated heterocycles. The molecule has 3 aromatic carbocycles. The number of fused-ring (bicyclic) bond motifs is 1. The molecule has 11 nitrogen and oxygen atoms in total. The predicted molar refractivity (Wildman–Crippen MR) is 185 cm³/mol. The van der Waals surface area contributed by atoms with Crippen molar-refractivity contribution in [3.8, 4) is 5.75 Å². The number of aliphatic hydroxyl groups excluding tert-OH is 1. The molecule has 1 amide bonds. The highest BCUT2D eigenvalue weighted by molar-refractivity contribution is 7.92. The number of benzene rings is 3. The predicted octanol–water partition coefficient (Wildman–Crippen LogP) is 5.40. The molecule has 0 bridgehead atoms. The molecule has 1 heterocycles. The Morgan fingerprint density at radius 2 is 1.67 bits per heavy atom. The third-order valence-electron chi connectivity index (χ3n) is 8.39. The second kappa shape index (κ2) is 16.6. The first-order valence-corrected chi connectivity index (χ1v) is 19.3. The van der Waals surface area contributed by atoms with Gasteiger partial charge < -0.3 is 19.5 Å². The maximum atomic E-state index is 14.4. The van der Waals surface area contributed by atoms with E-state index in [1.807, 2.05) is 13.8 Å². The molecule has 0 spiro atoms. The highest BCUT2D eigenvalue weighted by Crippen LogP contribution is 2.30. The van der Waals surface area contributed by atoms with E-state index in [4.69, 9.17) is 21.1 Å². The van der Waals surface area contributed by atoms with Gasteiger partial charge in [-0.3, -0.25) is 9.52 Å². The van der Waals surface area contributed by atoms with Gasteiger partial charge in [0.2, 0.25) is 10.0 Å². The van der Waals surface area contributed by atoms with Gasteiger partial charge in [-0.2, -0.15) is 4.31 Å². The van der Waals surface area contributed by atoms with E-state index in [9.17, 15) is 31.1 Å². The number of amides is 1. The fourth-order valence-electron chi connectivity index (χ4n) is 5.41. The average Bonchev–Trinajstić information content (AvgIpc) is 3.06. The summed E-state index contributed by atoms with van der Waals surface area (Å²) in [6, 6.07) is 14.0. The second-order valence-electron chi connectivity index (χ2n) is 12.3. The molecule has 268 valence electrons. The van der Waals surface area contributed by atoms with E-state index < -0.39 is 49.8 Å². The lowest BCUT2D eigenvalue weighted by Gasteiger charge is -2.35. The number of hydrogen-bond donors (Lipinski definition) is 2. The first kappa shape index (κ1) is 38.5. The number of carbonyl (C=O) groups is 1. The Hall–Kier alpha value is -3.27. The lowest BCUT2D eigenvalue weighted by atomic mass is 10.0. The fraction of sp³-hybridized carbons (Fsp3) is 0.441. The van der Waals surface area contributed by atoms with Crippen LogP contribution in [0, 0.1) is 11.7 Å². The van der Waals surface area contributed by atoms with Gasteiger partial charge in [0.05, 0.1) is 40.2 Å². The van der Waals surface area contributed by atoms with Crippen LogP contribution in [-0.2, 0) is 24.8 Å². The molecule has 0 aromatic heterocycles. The largest absolute Gasteiger partial charge is 0.490 e. The summed E-state index contributed by atoms with van der Waals surface area (Å²) < 4.78 is 82.7. The molecule has 3 aromatic rings. The van der Waals surface area contributed by atoms with Gasteiger partial charge in [0, 0.05) is 43.4 Å². The minimum atomic E-state index is -4.03. The highest BCUT2D eigenvalue weighted by Gasteiger charge is 2.32. The van der Waals surface area contributed by atoms with E-state index in [-0.39, 0.29) is 52.6 Å². The maximum Gasteiger partial charge on any atom is 0.261 e. The molecule has 1 aliphatic heterocycles. The number of hydrogen-bond acceptors (Lipinski definition) is 8. The minimum absolute atomic E-state index is 0.0185. The third-order valence-corrected chi connectivity index (χ3v) is 11.9. The summed E-state index contributed by atoms with van der Waals surface area (Å²) in [7, 11) is -6.60. The van der Waals surface area contributed by atoms with Crippen LogP contribution in [0.5, 0.6) is 5.75 Å². The first-order valence-electron chi connectivity index (χ1n) is 16.0. The van der Waals surface area contributed by atoms with Crippen LogP contribution in [0.3, 0.4) is 0 Å². The van der Waals surface area contributed by atoms with Crippen LogP contribution in [0.2, 0.25) is 5.02 Å². The Morgan fingerprint density at radius 1 is 1.02 bits per heavy atom. The lowest BCUT2D eigenvalue weighted by Crippen LogP contribution is -2.48. The molecular formula is C34H43ClFN3O8S2. The number of rotatable bonds is 9. The Kier molecular flexibility index (Phi) is 13.1. The fourth-order valence-corrected chi connectivity index (χ4v) is 7.77. The molecule has 0 radical (unpaired) electrons. The number of nitrogens with one attached hydrogen (secondary N) is 1. The van der Waals surface area contributed by atoms with Crippen molar-refractivity contribution in [2.45, 2.75) is 68.1 Å². The lowest BCUT2D eigenvalue weighted by molar-refractivity contribution is -0.00834. The zero-order chi connectivity index (χ0) is 35.9. The Labute approximate surface area is 293 Å². The zero-order valence-electron chi connectivity index (χ0n) is 27.9. The van der Waals surface area contributed by atoms with E-state index in [0.29, 0.717) is 24.5 Å². The summed E-state index contributed by atoms with van der Waals surface area (Å²) in [4.78, 5) is 15.7. The number of aliphatic hydroxyl groups is 1. The molecule has 0 unspecified atom stereocenters. The standard InChI is InChI=1S/C34H43ClFN3O8S2/c1-23-20-39(24(2)22-40)34(41)31-19-28(37-48(42,43)29-13-8-26(35)9-14-29)12-17-32(31)47-25(3)7-5-6-18-46-33(23)21-38(4)49(44,45)30-15-10-27(36)11-16-30/h8-17,19,23-25,33,37,40H,5-7,18,20-22H2,1-4H3/t23-,24+,25+,33+/m0/s1. The first-order chi connectivity index (χ1) is 23.1. The minimum Gasteiger partial charge on any atom is -0.490 e. The smallest absolute Gasteiger partial charge is 0.261 e. The van der Waals surface area contributed by atoms with Crippen molar-refractivity contribution in [1.29, 1.82) is 0 Å². The van der Waals surface area contributed by atoms with Gasteiger partial charge in [-0.1, -0.05) is 18.5 Å². The molecule has 15 heteroatoms. The molecule has 0 aliphatic carbocycles. The van der Waals surface area contributed by atoms with Crippen LogP contribution < -0.4 is 9.46 Å². The van der Waals surface area contributed by atoms with E-state index in [1.54, 1.807) is 13.0 Å². The van der Waals surface area contributed by atoms with E-state index >= 15 is 0 Å². The van der Waals surface area contributed by atoms with Gasteiger partial charge in [0.1, 0.15) is 11.6 Å². The van der Waals surface area contributed by atoms with Crippen LogP contribution in [-0.4, -0.2) is 88.7 Å². The molecule has 0 saturated carbocycles. The van der Waals surface area contributed by atoms with Gasteiger partial charge in [-0.15, -0.1) is 0 Å². The summed E-state index contributed by atoms with van der Waals surface area (Å²) in [5.74, 6) is -1.25. The molecule has 49 heavy (non-hydrogen) atoms. The summed E-state index contributed by atoms with van der Waals surface area (Å²) in [6.07, 6.45) is 1.05. The van der Waals surface area contributed by atoms with E-state index in [2.05, 4.69) is 4.72 Å². The molecule has 1 aliphatic rings. The quantitative estimate of drug-likeness (QED) is 0.297. The molecule has 0 fully saturated rings. The van der Waals surface area contributed by atoms with Crippen molar-refractivity contribution >= 4 is 43.2 Å². The van der Waals surface area contributed by atoms with Crippen LogP contribution >= 0.6 is 11.6 Å². The number of sulfonamides is 2. The van der Waals surface area contributed by atoms with E-state index in [0.717, 1.165) is 22.9 Å². The van der Waals surface area contributed by atoms with Crippen molar-refractivity contribution in [2.24, 2.45) is 5.92 Å². The topological polar surface area (TPSA) is 143 Å². The van der Waals surface area contributed by atoms with Gasteiger partial charge in [0.15, 0.2) is 0 Å². The van der Waals surface area contributed by atoms with Crippen molar-refractivity contribution in [3.63, 3.8) is 0 Å². The van der Waals surface area contributed by atoms with Gasteiger partial charge in [-0.05, 0) is 99.8 Å². The SMILES string of the molecule is C[C@@H]1CCCCO[C@H](CN(C)S(=O)(=O)c2ccc(F)cc2)[C@@H](C)CN([C@H](C)CO)C(=O)c2cc(NS(=O)(=O)c3ccc(Cl)cc3)ccc2O1. The summed E-state index contributed by atoms with van der Waals surface area (Å²) >= 11 is 5.93. The Bertz CT molecular complexity index is 1790. The second-order valence-corrected chi connectivity index (χ2v) is 16.5. The van der Waals surface area contributed by atoms with Gasteiger partial charge in [0.25, 0.3) is 15.9 Å². The van der Waals surface area contributed by atoms with Crippen LogP contribution in [0.4, 0.5) is 10.1 Å². The molecular weight excluding hydrogens is 697 g/mol. The van der Waals surface area contributed by atoms with Crippen molar-refractivity contribution in [3.05, 3.63) is 83.1 Å². The summed E-state index contributed by atoms with van der Waals surface area (Å²) in [5.41, 5.74) is 0.207. The molecule has 4 atom stereocenters. The van der Waals surface area contributed by atoms with Gasteiger partial charge >= 0.3 is 0 Å². The van der Waals surface area contributed by atoms with E-state index in [1.165, 1.54) is 60.5 Å². The monoisotopic (exact) mass is 739 g/mol. The molecule has 4 rings (SSSR count).